The number of fused-ring (bicyclic) bond motifs is 1. The number of aromatic amines is 1. The van der Waals surface area contributed by atoms with E-state index in [1.807, 2.05) is 30.3 Å². The van der Waals surface area contributed by atoms with E-state index in [4.69, 9.17) is 10.00 Å². The zero-order valence-corrected chi connectivity index (χ0v) is 14.0. The number of rotatable bonds is 6. The van der Waals surface area contributed by atoms with Crippen LogP contribution in [-0.2, 0) is 13.0 Å². The summed E-state index contributed by atoms with van der Waals surface area (Å²) in [5.41, 5.74) is 5.57. The molecule has 0 amide bonds. The molecule has 3 aromatic rings. The summed E-state index contributed by atoms with van der Waals surface area (Å²) in [6.07, 6.45) is 0.954. The van der Waals surface area contributed by atoms with Crippen molar-refractivity contribution in [2.24, 2.45) is 0 Å². The normalized spacial score (nSPS) is 10.7. The van der Waals surface area contributed by atoms with Crippen molar-refractivity contribution in [2.75, 3.05) is 13.7 Å². The van der Waals surface area contributed by atoms with E-state index < -0.39 is 0 Å². The third kappa shape index (κ3) is 3.42. The highest BCUT2D eigenvalue weighted by Crippen LogP contribution is 2.26. The molecule has 122 valence electrons. The Morgan fingerprint density at radius 1 is 1.17 bits per heavy atom. The Morgan fingerprint density at radius 3 is 2.67 bits per heavy atom. The molecule has 1 heterocycles. The van der Waals surface area contributed by atoms with E-state index in [2.05, 4.69) is 35.4 Å². The average Bonchev–Trinajstić information content (AvgIpc) is 2.93. The predicted octanol–water partition coefficient (Wildman–Crippen LogP) is 3.69. The number of ether oxygens (including phenoxy) is 1. The van der Waals surface area contributed by atoms with Gasteiger partial charge in [-0.2, -0.15) is 5.26 Å². The van der Waals surface area contributed by atoms with Crippen LogP contribution in [0.3, 0.4) is 0 Å². The second-order valence-electron chi connectivity index (χ2n) is 5.88. The van der Waals surface area contributed by atoms with E-state index in [0.717, 1.165) is 30.8 Å². The number of H-pyrrole nitrogens is 1. The molecule has 0 aliphatic heterocycles. The van der Waals surface area contributed by atoms with Gasteiger partial charge < -0.3 is 15.0 Å². The molecule has 2 N–H and O–H groups in total. The van der Waals surface area contributed by atoms with Gasteiger partial charge in [0.25, 0.3) is 0 Å². The lowest BCUT2D eigenvalue weighted by atomic mass is 10.1. The van der Waals surface area contributed by atoms with Crippen LogP contribution in [0, 0.1) is 18.3 Å². The molecular weight excluding hydrogens is 298 g/mol. The van der Waals surface area contributed by atoms with Crippen LogP contribution in [0.5, 0.6) is 5.75 Å². The number of nitrogens with one attached hydrogen (secondary N) is 2. The highest BCUT2D eigenvalue weighted by atomic mass is 16.5. The second kappa shape index (κ2) is 7.20. The zero-order valence-electron chi connectivity index (χ0n) is 14.0. The first-order valence-electron chi connectivity index (χ1n) is 8.06. The van der Waals surface area contributed by atoms with Crippen LogP contribution in [0.4, 0.5) is 0 Å². The van der Waals surface area contributed by atoms with Crippen molar-refractivity contribution in [3.8, 4) is 11.8 Å². The minimum absolute atomic E-state index is 0.696. The van der Waals surface area contributed by atoms with Gasteiger partial charge in [0, 0.05) is 23.1 Å². The molecule has 4 nitrogen and oxygen atoms in total. The van der Waals surface area contributed by atoms with E-state index in [9.17, 15) is 0 Å². The smallest absolute Gasteiger partial charge is 0.119 e. The van der Waals surface area contributed by atoms with Crippen LogP contribution in [0.1, 0.15) is 22.4 Å². The summed E-state index contributed by atoms with van der Waals surface area (Å²) < 4.78 is 5.34. The van der Waals surface area contributed by atoms with Gasteiger partial charge in [-0.3, -0.25) is 0 Å². The number of aryl methyl sites for hydroxylation is 1. The molecule has 0 saturated heterocycles. The Balaban J connectivity index is 1.63. The minimum Gasteiger partial charge on any atom is -0.497 e. The molecule has 4 heteroatoms. The van der Waals surface area contributed by atoms with Crippen molar-refractivity contribution in [1.82, 2.24) is 10.3 Å². The molecule has 2 aromatic carbocycles. The third-order valence-electron chi connectivity index (χ3n) is 4.29. The van der Waals surface area contributed by atoms with Crippen LogP contribution in [0.25, 0.3) is 10.9 Å². The molecule has 0 aliphatic rings. The average molecular weight is 319 g/mol. The van der Waals surface area contributed by atoms with E-state index >= 15 is 0 Å². The first-order valence-corrected chi connectivity index (χ1v) is 8.06. The Bertz CT molecular complexity index is 872. The first-order chi connectivity index (χ1) is 11.7. The lowest BCUT2D eigenvalue weighted by Crippen LogP contribution is -2.16. The molecule has 0 aliphatic carbocycles. The molecule has 0 radical (unpaired) electrons. The summed E-state index contributed by atoms with van der Waals surface area (Å²) in [4.78, 5) is 3.44. The number of benzene rings is 2. The number of hydrogen-bond donors (Lipinski definition) is 2. The van der Waals surface area contributed by atoms with Crippen LogP contribution in [0.2, 0.25) is 0 Å². The topological polar surface area (TPSA) is 60.8 Å². The third-order valence-corrected chi connectivity index (χ3v) is 4.29. The summed E-state index contributed by atoms with van der Waals surface area (Å²) in [5.74, 6) is 0.883. The molecule has 0 fully saturated rings. The molecule has 1 aromatic heterocycles. The summed E-state index contributed by atoms with van der Waals surface area (Å²) >= 11 is 0. The van der Waals surface area contributed by atoms with E-state index in [0.29, 0.717) is 5.56 Å². The number of methoxy groups -OCH3 is 1. The van der Waals surface area contributed by atoms with Gasteiger partial charge in [0.15, 0.2) is 0 Å². The summed E-state index contributed by atoms with van der Waals surface area (Å²) in [6.45, 7) is 3.81. The highest BCUT2D eigenvalue weighted by molar-refractivity contribution is 5.86. The van der Waals surface area contributed by atoms with Gasteiger partial charge in [-0.15, -0.1) is 0 Å². The van der Waals surface area contributed by atoms with Gasteiger partial charge >= 0.3 is 0 Å². The number of aromatic nitrogens is 1. The fraction of sp³-hybridized carbons (Fsp3) is 0.250. The molecule has 24 heavy (non-hydrogen) atoms. The molecule has 0 spiro atoms. The largest absolute Gasteiger partial charge is 0.497 e. The van der Waals surface area contributed by atoms with Crippen molar-refractivity contribution in [3.05, 3.63) is 64.8 Å². The molecule has 0 unspecified atom stereocenters. The standard InChI is InChI=1S/C20H21N3O/c1-14-18(19-11-17(24-2)7-8-20(19)23-14)9-10-22-13-16-5-3-15(12-21)4-6-16/h3-8,11,22-23H,9-10,13H2,1-2H3. The first kappa shape index (κ1) is 16.1. The summed E-state index contributed by atoms with van der Waals surface area (Å²) in [5, 5.41) is 13.5. The quantitative estimate of drug-likeness (QED) is 0.681. The van der Waals surface area contributed by atoms with Crippen LogP contribution in [-0.4, -0.2) is 18.6 Å². The Morgan fingerprint density at radius 2 is 1.96 bits per heavy atom. The van der Waals surface area contributed by atoms with Crippen molar-refractivity contribution in [2.45, 2.75) is 19.9 Å². The molecule has 0 saturated carbocycles. The summed E-state index contributed by atoms with van der Waals surface area (Å²) in [7, 11) is 1.69. The second-order valence-corrected chi connectivity index (χ2v) is 5.88. The maximum Gasteiger partial charge on any atom is 0.119 e. The highest BCUT2D eigenvalue weighted by Gasteiger charge is 2.09. The monoisotopic (exact) mass is 319 g/mol. The van der Waals surface area contributed by atoms with E-state index in [-0.39, 0.29) is 0 Å². The van der Waals surface area contributed by atoms with Crippen molar-refractivity contribution >= 4 is 10.9 Å². The van der Waals surface area contributed by atoms with Gasteiger partial charge in [0.2, 0.25) is 0 Å². The van der Waals surface area contributed by atoms with Crippen LogP contribution < -0.4 is 10.1 Å². The molecular formula is C20H21N3O. The number of nitriles is 1. The molecule has 0 atom stereocenters. The van der Waals surface area contributed by atoms with Crippen molar-refractivity contribution in [1.29, 1.82) is 5.26 Å². The lowest BCUT2D eigenvalue weighted by molar-refractivity contribution is 0.415. The number of nitrogens with zero attached hydrogens (tertiary/aromatic N) is 1. The SMILES string of the molecule is COc1ccc2[nH]c(C)c(CCNCc3ccc(C#N)cc3)c2c1. The van der Waals surface area contributed by atoms with Gasteiger partial charge in [-0.05, 0) is 61.3 Å². The fourth-order valence-corrected chi connectivity index (χ4v) is 2.95. The number of hydrogen-bond acceptors (Lipinski definition) is 3. The fourth-order valence-electron chi connectivity index (χ4n) is 2.95. The zero-order chi connectivity index (χ0) is 16.9. The Labute approximate surface area is 142 Å². The Hall–Kier alpha value is -2.77. The van der Waals surface area contributed by atoms with E-state index in [1.165, 1.54) is 22.2 Å². The molecule has 0 bridgehead atoms. The van der Waals surface area contributed by atoms with Gasteiger partial charge in [0.1, 0.15) is 5.75 Å². The van der Waals surface area contributed by atoms with Gasteiger partial charge in [0.05, 0.1) is 18.7 Å². The molecule has 3 rings (SSSR count). The lowest BCUT2D eigenvalue weighted by Gasteiger charge is -2.06. The maximum absolute atomic E-state index is 8.82. The maximum atomic E-state index is 8.82. The minimum atomic E-state index is 0.696. The van der Waals surface area contributed by atoms with Crippen LogP contribution >= 0.6 is 0 Å². The van der Waals surface area contributed by atoms with Crippen molar-refractivity contribution in [3.63, 3.8) is 0 Å². The van der Waals surface area contributed by atoms with Gasteiger partial charge in [-0.1, -0.05) is 12.1 Å². The van der Waals surface area contributed by atoms with Crippen molar-refractivity contribution < 1.29 is 4.74 Å². The van der Waals surface area contributed by atoms with E-state index in [1.54, 1.807) is 7.11 Å². The van der Waals surface area contributed by atoms with Crippen LogP contribution in [0.15, 0.2) is 42.5 Å². The van der Waals surface area contributed by atoms with Gasteiger partial charge in [-0.25, -0.2) is 0 Å². The summed E-state index contributed by atoms with van der Waals surface area (Å²) in [6, 6.07) is 16.0. The predicted molar refractivity (Wildman–Crippen MR) is 96.2 cm³/mol. The Kier molecular flexibility index (Phi) is 4.83.